The van der Waals surface area contributed by atoms with Gasteiger partial charge in [-0.1, -0.05) is 68.4 Å². The van der Waals surface area contributed by atoms with Crippen molar-refractivity contribution in [3.63, 3.8) is 0 Å². The SMILES string of the molecule is C=C1CC2C(CCc3cc4c(cc3-c3cc(C(C)C)cc[n+]31)c1cccc3c5ccccc5n4c31)c1ccccc1-c1cccc[n+]12. The molecule has 0 fully saturated rings. The van der Waals surface area contributed by atoms with E-state index in [4.69, 9.17) is 6.58 Å². The smallest absolute Gasteiger partial charge is 0.218 e. The number of rotatable bonds is 1. The van der Waals surface area contributed by atoms with Crippen molar-refractivity contribution in [3.8, 4) is 22.5 Å². The first-order chi connectivity index (χ1) is 23.1. The number of nitrogens with zero attached hydrogens (tertiary/aromatic N) is 3. The molecule has 10 rings (SSSR count). The third-order valence-corrected chi connectivity index (χ3v) is 11.2. The maximum absolute atomic E-state index is 4.80. The molecule has 0 aliphatic carbocycles. The molecule has 2 aliphatic heterocycles. The van der Waals surface area contributed by atoms with Crippen molar-refractivity contribution in [1.29, 1.82) is 0 Å². The summed E-state index contributed by atoms with van der Waals surface area (Å²) in [6.45, 7) is 9.39. The molecule has 47 heavy (non-hydrogen) atoms. The molecule has 0 saturated carbocycles. The van der Waals surface area contributed by atoms with Crippen molar-refractivity contribution in [1.82, 2.24) is 4.40 Å². The summed E-state index contributed by atoms with van der Waals surface area (Å²) < 4.78 is 7.46. The summed E-state index contributed by atoms with van der Waals surface area (Å²) >= 11 is 0. The number of aryl methyl sites for hydroxylation is 1. The lowest BCUT2D eigenvalue weighted by atomic mass is 9.77. The Bertz CT molecular complexity index is 2570. The monoisotopic (exact) mass is 607 g/mol. The van der Waals surface area contributed by atoms with Crippen LogP contribution in [0.5, 0.6) is 0 Å². The van der Waals surface area contributed by atoms with E-state index in [1.165, 1.54) is 77.3 Å². The predicted molar refractivity (Wildman–Crippen MR) is 193 cm³/mol. The van der Waals surface area contributed by atoms with Gasteiger partial charge in [-0.15, -0.1) is 0 Å². The Balaban J connectivity index is 1.27. The molecule has 0 N–H and O–H groups in total. The molecule has 0 spiro atoms. The number of fused-ring (bicyclic) bond motifs is 15. The van der Waals surface area contributed by atoms with Crippen molar-refractivity contribution in [2.24, 2.45) is 0 Å². The lowest BCUT2D eigenvalue weighted by Crippen LogP contribution is -2.49. The molecule has 0 radical (unpaired) electrons. The summed E-state index contributed by atoms with van der Waals surface area (Å²) in [5.41, 5.74) is 14.5. The standard InChI is InChI=1S/C44H37N3/c1-27(2)29-20-22-45-28(3)23-41-34(31-11-4-5-12-32(31)39-16-8-9-21-46(39)41)19-18-30-25-43-38(26-37(30)42(45)24-29)36-15-10-14-35-33-13-6-7-17-40(33)47(43)44(35)36/h4-17,20-22,24-27,34,41H,3,18-19,23H2,1-2H3/q+2. The predicted octanol–water partition coefficient (Wildman–Crippen LogP) is 10.0. The Labute approximate surface area is 275 Å². The number of hydrogen-bond donors (Lipinski definition) is 0. The van der Waals surface area contributed by atoms with Crippen LogP contribution in [0, 0.1) is 0 Å². The van der Waals surface area contributed by atoms with Gasteiger partial charge in [0.15, 0.2) is 24.1 Å². The van der Waals surface area contributed by atoms with E-state index in [1.54, 1.807) is 0 Å². The largest absolute Gasteiger partial charge is 0.308 e. The Kier molecular flexibility index (Phi) is 5.64. The van der Waals surface area contributed by atoms with Gasteiger partial charge in [0.05, 0.1) is 28.5 Å². The quantitative estimate of drug-likeness (QED) is 0.165. The zero-order chi connectivity index (χ0) is 31.4. The number of hydrogen-bond acceptors (Lipinski definition) is 0. The molecule has 2 atom stereocenters. The highest BCUT2D eigenvalue weighted by Gasteiger charge is 2.42. The molecule has 4 aromatic heterocycles. The third-order valence-electron chi connectivity index (χ3n) is 11.2. The van der Waals surface area contributed by atoms with E-state index in [0.29, 0.717) is 11.8 Å². The summed E-state index contributed by atoms with van der Waals surface area (Å²) in [6.07, 6.45) is 7.52. The first kappa shape index (κ1) is 26.9. The fourth-order valence-electron chi connectivity index (χ4n) is 8.99. The Hall–Kier alpha value is -5.28. The van der Waals surface area contributed by atoms with Gasteiger partial charge >= 0.3 is 0 Å². The minimum atomic E-state index is 0.284. The molecule has 0 saturated heterocycles. The van der Waals surface area contributed by atoms with E-state index >= 15 is 0 Å². The van der Waals surface area contributed by atoms with E-state index in [1.807, 2.05) is 0 Å². The summed E-state index contributed by atoms with van der Waals surface area (Å²) in [4.78, 5) is 0. The van der Waals surface area contributed by atoms with Gasteiger partial charge in [0.1, 0.15) is 0 Å². The highest BCUT2D eigenvalue weighted by atomic mass is 15.0. The molecule has 6 heterocycles. The zero-order valence-electron chi connectivity index (χ0n) is 26.9. The highest BCUT2D eigenvalue weighted by molar-refractivity contribution is 6.23. The molecule has 0 bridgehead atoms. The van der Waals surface area contributed by atoms with Gasteiger partial charge in [0.2, 0.25) is 11.4 Å². The lowest BCUT2D eigenvalue weighted by molar-refractivity contribution is -0.720. The highest BCUT2D eigenvalue weighted by Crippen LogP contribution is 2.46. The van der Waals surface area contributed by atoms with Crippen LogP contribution in [0.2, 0.25) is 0 Å². The summed E-state index contributed by atoms with van der Waals surface area (Å²) in [5.74, 6) is 0.808. The first-order valence-electron chi connectivity index (χ1n) is 17.1. The molecule has 0 amide bonds. The van der Waals surface area contributed by atoms with Crippen molar-refractivity contribution in [3.05, 3.63) is 145 Å². The molecule has 4 aromatic carbocycles. The van der Waals surface area contributed by atoms with Crippen LogP contribution >= 0.6 is 0 Å². The van der Waals surface area contributed by atoms with E-state index in [0.717, 1.165) is 25.0 Å². The van der Waals surface area contributed by atoms with Crippen LogP contribution in [-0.4, -0.2) is 4.40 Å². The van der Waals surface area contributed by atoms with Gasteiger partial charge in [-0.2, -0.15) is 9.13 Å². The molecule has 2 aliphatic rings. The minimum Gasteiger partial charge on any atom is -0.308 e. The number of aromatic nitrogens is 3. The maximum Gasteiger partial charge on any atom is 0.218 e. The summed E-state index contributed by atoms with van der Waals surface area (Å²) in [5, 5.41) is 5.31. The topological polar surface area (TPSA) is 12.2 Å². The molecule has 3 heteroatoms. The van der Waals surface area contributed by atoms with Crippen LogP contribution in [0.4, 0.5) is 0 Å². The van der Waals surface area contributed by atoms with Crippen LogP contribution < -0.4 is 9.13 Å². The Morgan fingerprint density at radius 1 is 0.702 bits per heavy atom. The van der Waals surface area contributed by atoms with Crippen molar-refractivity contribution in [2.75, 3.05) is 0 Å². The second kappa shape index (κ2) is 9.86. The number of allylic oxidation sites excluding steroid dienone is 1. The van der Waals surface area contributed by atoms with Gasteiger partial charge in [-0.05, 0) is 72.4 Å². The van der Waals surface area contributed by atoms with Gasteiger partial charge in [0.25, 0.3) is 0 Å². The van der Waals surface area contributed by atoms with E-state index in [2.05, 4.69) is 149 Å². The fourth-order valence-corrected chi connectivity index (χ4v) is 8.99. The van der Waals surface area contributed by atoms with E-state index in [9.17, 15) is 0 Å². The Morgan fingerprint density at radius 3 is 2.38 bits per heavy atom. The van der Waals surface area contributed by atoms with Crippen molar-refractivity contribution >= 4 is 43.8 Å². The minimum absolute atomic E-state index is 0.284. The fraction of sp³-hybridized carbons (Fsp3) is 0.182. The lowest BCUT2D eigenvalue weighted by Gasteiger charge is -2.31. The molecule has 226 valence electrons. The Morgan fingerprint density at radius 2 is 1.49 bits per heavy atom. The van der Waals surface area contributed by atoms with E-state index < -0.39 is 0 Å². The third kappa shape index (κ3) is 3.74. The average molecular weight is 608 g/mol. The van der Waals surface area contributed by atoms with Gasteiger partial charge in [-0.3, -0.25) is 0 Å². The number of benzene rings is 4. The normalized spacial score (nSPS) is 17.6. The first-order valence-corrected chi connectivity index (χ1v) is 17.1. The molecular formula is C44H37N3+2. The zero-order valence-corrected chi connectivity index (χ0v) is 26.9. The van der Waals surface area contributed by atoms with Crippen LogP contribution in [-0.2, 0) is 6.42 Å². The van der Waals surface area contributed by atoms with Crippen LogP contribution in [0.15, 0.2) is 128 Å². The van der Waals surface area contributed by atoms with Crippen molar-refractivity contribution in [2.45, 2.75) is 51.0 Å². The second-order valence-electron chi connectivity index (χ2n) is 14.0. The van der Waals surface area contributed by atoms with Crippen molar-refractivity contribution < 1.29 is 9.13 Å². The number of para-hydroxylation sites is 2. The van der Waals surface area contributed by atoms with Gasteiger partial charge in [0, 0.05) is 57.3 Å². The van der Waals surface area contributed by atoms with Crippen LogP contribution in [0.3, 0.4) is 0 Å². The molecule has 3 nitrogen and oxygen atoms in total. The van der Waals surface area contributed by atoms with E-state index in [-0.39, 0.29) is 6.04 Å². The molecular weight excluding hydrogens is 571 g/mol. The van der Waals surface area contributed by atoms with Gasteiger partial charge in [-0.25, -0.2) is 0 Å². The summed E-state index contributed by atoms with van der Waals surface area (Å²) in [6, 6.07) is 41.5. The molecule has 2 unspecified atom stereocenters. The maximum atomic E-state index is 4.80. The summed E-state index contributed by atoms with van der Waals surface area (Å²) in [7, 11) is 0. The van der Waals surface area contributed by atoms with Crippen LogP contribution in [0.1, 0.15) is 61.3 Å². The molecule has 8 aromatic rings. The number of pyridine rings is 2. The van der Waals surface area contributed by atoms with Crippen LogP contribution in [0.25, 0.3) is 66.3 Å². The average Bonchev–Trinajstić information content (AvgIpc) is 3.62. The van der Waals surface area contributed by atoms with Gasteiger partial charge < -0.3 is 4.40 Å². The second-order valence-corrected chi connectivity index (χ2v) is 14.0.